The summed E-state index contributed by atoms with van der Waals surface area (Å²) in [6, 6.07) is 13.9. The molecule has 26 heavy (non-hydrogen) atoms. The van der Waals surface area contributed by atoms with Gasteiger partial charge >= 0.3 is 5.97 Å². The summed E-state index contributed by atoms with van der Waals surface area (Å²) < 4.78 is 10.6. The van der Waals surface area contributed by atoms with Crippen LogP contribution in [0.1, 0.15) is 22.3 Å². The van der Waals surface area contributed by atoms with E-state index in [0.29, 0.717) is 18.8 Å². The van der Waals surface area contributed by atoms with Gasteiger partial charge < -0.3 is 14.4 Å². The Kier molecular flexibility index (Phi) is 5.56. The first-order valence-corrected chi connectivity index (χ1v) is 8.73. The monoisotopic (exact) mass is 353 g/mol. The summed E-state index contributed by atoms with van der Waals surface area (Å²) in [6.07, 6.45) is 0.825. The van der Waals surface area contributed by atoms with Crippen molar-refractivity contribution in [3.05, 3.63) is 64.7 Å². The molecule has 0 fully saturated rings. The lowest BCUT2D eigenvalue weighted by Crippen LogP contribution is -2.38. The van der Waals surface area contributed by atoms with Crippen molar-refractivity contribution in [2.24, 2.45) is 0 Å². The zero-order valence-corrected chi connectivity index (χ0v) is 15.2. The van der Waals surface area contributed by atoms with Gasteiger partial charge in [-0.05, 0) is 48.6 Å². The van der Waals surface area contributed by atoms with Gasteiger partial charge in [0.25, 0.3) is 5.91 Å². The van der Waals surface area contributed by atoms with Crippen LogP contribution in [0, 0.1) is 13.8 Å². The summed E-state index contributed by atoms with van der Waals surface area (Å²) in [4.78, 5) is 25.9. The van der Waals surface area contributed by atoms with Crippen molar-refractivity contribution in [1.29, 1.82) is 0 Å². The van der Waals surface area contributed by atoms with E-state index < -0.39 is 5.97 Å². The van der Waals surface area contributed by atoms with Crippen LogP contribution in [-0.2, 0) is 27.3 Å². The third-order valence-electron chi connectivity index (χ3n) is 4.53. The molecule has 0 bridgehead atoms. The van der Waals surface area contributed by atoms with E-state index in [4.69, 9.17) is 9.47 Å². The van der Waals surface area contributed by atoms with E-state index in [2.05, 4.69) is 6.07 Å². The molecule has 136 valence electrons. The molecular formula is C21H23NO4. The number of nitrogens with zero attached hydrogens (tertiary/aromatic N) is 1. The van der Waals surface area contributed by atoms with Crippen molar-refractivity contribution in [1.82, 2.24) is 4.90 Å². The normalized spacial score (nSPS) is 13.1. The maximum atomic E-state index is 12.3. The van der Waals surface area contributed by atoms with E-state index in [9.17, 15) is 9.59 Å². The molecule has 1 aliphatic rings. The summed E-state index contributed by atoms with van der Waals surface area (Å²) in [7, 11) is 0. The first-order chi connectivity index (χ1) is 12.5. The molecule has 0 N–H and O–H groups in total. The first kappa shape index (κ1) is 18.0. The van der Waals surface area contributed by atoms with Crippen LogP contribution in [0.4, 0.5) is 0 Å². The van der Waals surface area contributed by atoms with Gasteiger partial charge in [-0.15, -0.1) is 0 Å². The number of benzene rings is 2. The second kappa shape index (κ2) is 8.04. The molecule has 0 radical (unpaired) electrons. The highest BCUT2D eigenvalue weighted by atomic mass is 16.6. The van der Waals surface area contributed by atoms with E-state index in [1.165, 1.54) is 5.56 Å². The zero-order chi connectivity index (χ0) is 18.5. The Balaban J connectivity index is 1.46. The second-order valence-electron chi connectivity index (χ2n) is 6.55. The van der Waals surface area contributed by atoms with E-state index >= 15 is 0 Å². The summed E-state index contributed by atoms with van der Waals surface area (Å²) >= 11 is 0. The maximum Gasteiger partial charge on any atom is 0.344 e. The molecular weight excluding hydrogens is 330 g/mol. The van der Waals surface area contributed by atoms with Gasteiger partial charge in [-0.3, -0.25) is 4.79 Å². The Morgan fingerprint density at radius 1 is 1.04 bits per heavy atom. The SMILES string of the molecule is Cc1ccc(C)c(OCC(=O)OCC(=O)N2CCc3ccccc3C2)c1. The third-order valence-corrected chi connectivity index (χ3v) is 4.53. The van der Waals surface area contributed by atoms with Crippen LogP contribution in [0.25, 0.3) is 0 Å². The van der Waals surface area contributed by atoms with Crippen molar-refractivity contribution in [2.45, 2.75) is 26.8 Å². The molecule has 2 aromatic carbocycles. The summed E-state index contributed by atoms with van der Waals surface area (Å²) in [5.74, 6) is -0.0721. The molecule has 0 saturated carbocycles. The smallest absolute Gasteiger partial charge is 0.344 e. The number of carbonyl (C=O) groups is 2. The number of esters is 1. The van der Waals surface area contributed by atoms with E-state index in [0.717, 1.165) is 23.1 Å². The average Bonchev–Trinajstić information content (AvgIpc) is 2.66. The van der Waals surface area contributed by atoms with Crippen LogP contribution in [0.15, 0.2) is 42.5 Å². The van der Waals surface area contributed by atoms with Crippen molar-refractivity contribution >= 4 is 11.9 Å². The van der Waals surface area contributed by atoms with Gasteiger partial charge in [-0.2, -0.15) is 0 Å². The molecule has 0 aromatic heterocycles. The van der Waals surface area contributed by atoms with Crippen LogP contribution in [0.2, 0.25) is 0 Å². The lowest BCUT2D eigenvalue weighted by Gasteiger charge is -2.28. The minimum absolute atomic E-state index is 0.181. The molecule has 0 aliphatic carbocycles. The van der Waals surface area contributed by atoms with E-state index in [1.807, 2.05) is 50.2 Å². The third kappa shape index (κ3) is 4.42. The van der Waals surface area contributed by atoms with Gasteiger partial charge in [0.05, 0.1) is 0 Å². The quantitative estimate of drug-likeness (QED) is 0.776. The van der Waals surface area contributed by atoms with Gasteiger partial charge in [-0.25, -0.2) is 4.79 Å². The van der Waals surface area contributed by atoms with Gasteiger partial charge in [0, 0.05) is 13.1 Å². The molecule has 3 rings (SSSR count). The molecule has 1 aliphatic heterocycles. The lowest BCUT2D eigenvalue weighted by molar-refractivity contribution is -0.154. The fourth-order valence-electron chi connectivity index (χ4n) is 2.98. The number of hydrogen-bond donors (Lipinski definition) is 0. The summed E-state index contributed by atoms with van der Waals surface area (Å²) in [6.45, 7) is 4.62. The molecule has 0 saturated heterocycles. The van der Waals surface area contributed by atoms with Gasteiger partial charge in [0.2, 0.25) is 0 Å². The predicted molar refractivity (Wildman–Crippen MR) is 97.9 cm³/mol. The Labute approximate surface area is 153 Å². The van der Waals surface area contributed by atoms with Crippen LogP contribution in [0.5, 0.6) is 5.75 Å². The zero-order valence-electron chi connectivity index (χ0n) is 15.2. The molecule has 5 heteroatoms. The van der Waals surface area contributed by atoms with Gasteiger partial charge in [-0.1, -0.05) is 36.4 Å². The molecule has 5 nitrogen and oxygen atoms in total. The number of hydrogen-bond acceptors (Lipinski definition) is 4. The largest absolute Gasteiger partial charge is 0.482 e. The predicted octanol–water partition coefficient (Wildman–Crippen LogP) is 2.81. The minimum atomic E-state index is -0.545. The highest BCUT2D eigenvalue weighted by Gasteiger charge is 2.21. The van der Waals surface area contributed by atoms with Crippen molar-refractivity contribution in [2.75, 3.05) is 19.8 Å². The number of fused-ring (bicyclic) bond motifs is 1. The Bertz CT molecular complexity index is 815. The lowest BCUT2D eigenvalue weighted by atomic mass is 10.00. The highest BCUT2D eigenvalue weighted by Crippen LogP contribution is 2.20. The Morgan fingerprint density at radius 2 is 1.81 bits per heavy atom. The van der Waals surface area contributed by atoms with Crippen LogP contribution >= 0.6 is 0 Å². The summed E-state index contributed by atoms with van der Waals surface area (Å²) in [5, 5.41) is 0. The Hall–Kier alpha value is -2.82. The number of carbonyl (C=O) groups excluding carboxylic acids is 2. The molecule has 1 heterocycles. The van der Waals surface area contributed by atoms with Crippen LogP contribution < -0.4 is 4.74 Å². The number of amides is 1. The molecule has 1 amide bonds. The molecule has 0 unspecified atom stereocenters. The van der Waals surface area contributed by atoms with Crippen molar-refractivity contribution < 1.29 is 19.1 Å². The minimum Gasteiger partial charge on any atom is -0.482 e. The van der Waals surface area contributed by atoms with Crippen LogP contribution in [0.3, 0.4) is 0 Å². The van der Waals surface area contributed by atoms with Gasteiger partial charge in [0.1, 0.15) is 5.75 Å². The number of aryl methyl sites for hydroxylation is 2. The second-order valence-corrected chi connectivity index (χ2v) is 6.55. The van der Waals surface area contributed by atoms with Gasteiger partial charge in [0.15, 0.2) is 13.2 Å². The Morgan fingerprint density at radius 3 is 2.62 bits per heavy atom. The topological polar surface area (TPSA) is 55.8 Å². The fraction of sp³-hybridized carbons (Fsp3) is 0.333. The van der Waals surface area contributed by atoms with E-state index in [1.54, 1.807) is 4.90 Å². The first-order valence-electron chi connectivity index (χ1n) is 8.73. The summed E-state index contributed by atoms with van der Waals surface area (Å²) in [5.41, 5.74) is 4.43. The van der Waals surface area contributed by atoms with E-state index in [-0.39, 0.29) is 19.1 Å². The number of ether oxygens (including phenoxy) is 2. The average molecular weight is 353 g/mol. The molecule has 2 aromatic rings. The molecule has 0 atom stereocenters. The standard InChI is InChI=1S/C21H23NO4/c1-15-7-8-16(2)19(11-15)25-14-21(24)26-13-20(23)22-10-9-17-5-3-4-6-18(17)12-22/h3-8,11H,9-10,12-14H2,1-2H3. The van der Waals surface area contributed by atoms with Crippen molar-refractivity contribution in [3.8, 4) is 5.75 Å². The van der Waals surface area contributed by atoms with Crippen LogP contribution in [-0.4, -0.2) is 36.5 Å². The maximum absolute atomic E-state index is 12.3. The molecule has 0 spiro atoms. The van der Waals surface area contributed by atoms with Crippen molar-refractivity contribution in [3.63, 3.8) is 0 Å². The number of rotatable bonds is 5. The highest BCUT2D eigenvalue weighted by molar-refractivity contribution is 5.81. The fourth-order valence-corrected chi connectivity index (χ4v) is 2.98.